The molecule has 3 amide bonds. The number of aryl methyl sites for hydroxylation is 1. The predicted octanol–water partition coefficient (Wildman–Crippen LogP) is 8.44. The summed E-state index contributed by atoms with van der Waals surface area (Å²) < 4.78 is 30.5. The quantitative estimate of drug-likeness (QED) is 0.0766. The highest BCUT2D eigenvalue weighted by molar-refractivity contribution is 5.93. The van der Waals surface area contributed by atoms with Gasteiger partial charge in [-0.15, -0.1) is 25.5 Å². The number of para-hydroxylation sites is 2. The standard InChI is InChI=1S/C57H61N9O8/c1-8-40-22-25-47(62-59-40)58-50(67)34-70-44-19-9-14-37-31-56(4,33-43(37)44)28-12-17-41-23-26-48(63-60-41)66(7)52(69)36-72-46-21-11-16-39-32-57(5,74-54(39)46)29-13-18-42-24-27-49(64-61-42)65(6)51(68)35-71-45-20-10-15-38-30-55(2,3)73-53(38)45/h8-11,13-16,18-27H,1,12,17,28-36H2,2-7H3,(H,58,62,67)/b18-13+. The van der Waals surface area contributed by atoms with E-state index >= 15 is 0 Å². The van der Waals surface area contributed by atoms with Gasteiger partial charge in [-0.05, 0) is 136 Å². The normalized spacial score (nSPS) is 17.8. The number of likely N-dealkylation sites (N-methyl/N-ethyl adjacent to an activating group) is 2. The van der Waals surface area contributed by atoms with E-state index in [-0.39, 0.29) is 48.6 Å². The van der Waals surface area contributed by atoms with E-state index in [4.69, 9.17) is 23.7 Å². The minimum Gasteiger partial charge on any atom is -0.483 e. The van der Waals surface area contributed by atoms with Crippen molar-refractivity contribution in [2.24, 2.45) is 5.41 Å². The van der Waals surface area contributed by atoms with E-state index in [2.05, 4.69) is 55.5 Å². The highest BCUT2D eigenvalue weighted by atomic mass is 16.5. The van der Waals surface area contributed by atoms with Crippen LogP contribution in [0.4, 0.5) is 17.5 Å². The second-order valence-electron chi connectivity index (χ2n) is 20.3. The van der Waals surface area contributed by atoms with Crippen LogP contribution in [0, 0.1) is 5.41 Å². The van der Waals surface area contributed by atoms with E-state index in [1.54, 1.807) is 50.5 Å². The number of anilines is 3. The molecule has 2 unspecified atom stereocenters. The van der Waals surface area contributed by atoms with Gasteiger partial charge in [0.25, 0.3) is 17.7 Å². The van der Waals surface area contributed by atoms with Crippen LogP contribution in [0.1, 0.15) is 86.3 Å². The van der Waals surface area contributed by atoms with E-state index in [9.17, 15) is 14.4 Å². The second kappa shape index (κ2) is 21.5. The first-order chi connectivity index (χ1) is 35.5. The van der Waals surface area contributed by atoms with Gasteiger partial charge in [-0.25, -0.2) is 0 Å². The highest BCUT2D eigenvalue weighted by Gasteiger charge is 2.37. The first-order valence-corrected chi connectivity index (χ1v) is 24.8. The van der Waals surface area contributed by atoms with Crippen LogP contribution < -0.4 is 38.8 Å². The molecule has 17 nitrogen and oxygen atoms in total. The largest absolute Gasteiger partial charge is 0.483 e. The zero-order chi connectivity index (χ0) is 52.0. The van der Waals surface area contributed by atoms with Gasteiger partial charge in [0.2, 0.25) is 0 Å². The molecule has 0 saturated heterocycles. The average molecular weight is 1000 g/mol. The number of rotatable bonds is 20. The molecule has 1 N–H and O–H groups in total. The molecule has 382 valence electrons. The Hall–Kier alpha value is -8.21. The number of fused-ring (bicyclic) bond motifs is 3. The lowest BCUT2D eigenvalue weighted by molar-refractivity contribution is -0.121. The Kier molecular flexibility index (Phi) is 14.7. The van der Waals surface area contributed by atoms with Crippen molar-refractivity contribution >= 4 is 47.3 Å². The summed E-state index contributed by atoms with van der Waals surface area (Å²) in [6.45, 7) is 11.5. The number of hydrogen-bond acceptors (Lipinski definition) is 14. The van der Waals surface area contributed by atoms with Gasteiger partial charge in [0, 0.05) is 44.5 Å². The molecular formula is C57H61N9O8. The first kappa shape index (κ1) is 50.7. The molecule has 6 aromatic rings. The predicted molar refractivity (Wildman–Crippen MR) is 281 cm³/mol. The third-order valence-electron chi connectivity index (χ3n) is 13.6. The van der Waals surface area contributed by atoms with E-state index in [0.717, 1.165) is 66.7 Å². The first-order valence-electron chi connectivity index (χ1n) is 24.8. The molecule has 0 radical (unpaired) electrons. The van der Waals surface area contributed by atoms with Gasteiger partial charge in [0.1, 0.15) is 17.0 Å². The lowest BCUT2D eigenvalue weighted by Gasteiger charge is -2.23. The van der Waals surface area contributed by atoms with Crippen LogP contribution in [0.25, 0.3) is 12.2 Å². The maximum atomic E-state index is 13.4. The summed E-state index contributed by atoms with van der Waals surface area (Å²) in [4.78, 5) is 41.9. The maximum absolute atomic E-state index is 13.4. The van der Waals surface area contributed by atoms with Crippen molar-refractivity contribution in [2.45, 2.75) is 90.3 Å². The number of ether oxygens (including phenoxy) is 5. The molecule has 3 aliphatic rings. The number of hydrogen-bond donors (Lipinski definition) is 1. The fourth-order valence-electron chi connectivity index (χ4n) is 9.63. The summed E-state index contributed by atoms with van der Waals surface area (Å²) >= 11 is 0. The fourth-order valence-corrected chi connectivity index (χ4v) is 9.63. The summed E-state index contributed by atoms with van der Waals surface area (Å²) in [5, 5.41) is 28.2. The Balaban J connectivity index is 0.699. The summed E-state index contributed by atoms with van der Waals surface area (Å²) in [6, 6.07) is 28.1. The molecule has 0 saturated carbocycles. The Labute approximate surface area is 431 Å². The number of carbonyl (C=O) groups excluding carboxylic acids is 3. The van der Waals surface area contributed by atoms with Crippen LogP contribution in [0.3, 0.4) is 0 Å². The summed E-state index contributed by atoms with van der Waals surface area (Å²) in [7, 11) is 3.29. The molecule has 1 aliphatic carbocycles. The number of nitrogens with one attached hydrogen (secondary N) is 1. The van der Waals surface area contributed by atoms with Crippen molar-refractivity contribution in [3.8, 4) is 28.7 Å². The van der Waals surface area contributed by atoms with Gasteiger partial charge in [0.15, 0.2) is 60.3 Å². The molecule has 17 heteroatoms. The van der Waals surface area contributed by atoms with Crippen LogP contribution in [0.15, 0.2) is 104 Å². The summed E-state index contributed by atoms with van der Waals surface area (Å²) in [5.41, 5.74) is 5.64. The van der Waals surface area contributed by atoms with Crippen LogP contribution in [0.2, 0.25) is 0 Å². The fraction of sp³-hybridized carbons (Fsp3) is 0.351. The smallest absolute Gasteiger partial charge is 0.265 e. The van der Waals surface area contributed by atoms with Gasteiger partial charge < -0.3 is 29.0 Å². The summed E-state index contributed by atoms with van der Waals surface area (Å²) in [5.74, 6) is 3.34. The molecule has 0 spiro atoms. The number of aromatic nitrogens is 6. The van der Waals surface area contributed by atoms with Crippen LogP contribution in [0.5, 0.6) is 28.7 Å². The number of nitrogens with zero attached hydrogens (tertiary/aromatic N) is 8. The molecule has 0 bridgehead atoms. The van der Waals surface area contributed by atoms with Crippen molar-refractivity contribution in [3.63, 3.8) is 0 Å². The van der Waals surface area contributed by atoms with Crippen molar-refractivity contribution in [1.82, 2.24) is 30.6 Å². The molecule has 2 atom stereocenters. The SMILES string of the molecule is C=Cc1ccc(NC(=O)COc2cccc3c2CC(C)(CCCc2ccc(N(C)C(=O)COc4cccc5c4OC(C)(C/C=C/c4ccc(N(C)C(=O)COc6cccc7c6OC(C)(C)C7)nn4)C5)nn2)C3)nn1. The highest BCUT2D eigenvalue weighted by Crippen LogP contribution is 2.46. The third-order valence-corrected chi connectivity index (χ3v) is 13.6. The molecule has 9 rings (SSSR count). The van der Waals surface area contributed by atoms with Crippen LogP contribution >= 0.6 is 0 Å². The lowest BCUT2D eigenvalue weighted by atomic mass is 9.82. The molecule has 5 heterocycles. The van der Waals surface area contributed by atoms with Crippen molar-refractivity contribution in [1.29, 1.82) is 0 Å². The van der Waals surface area contributed by atoms with Crippen molar-refractivity contribution in [2.75, 3.05) is 49.0 Å². The second-order valence-corrected chi connectivity index (χ2v) is 20.3. The lowest BCUT2D eigenvalue weighted by Crippen LogP contribution is -2.32. The van der Waals surface area contributed by atoms with Gasteiger partial charge in [-0.3, -0.25) is 24.2 Å². The van der Waals surface area contributed by atoms with Crippen molar-refractivity contribution < 1.29 is 38.1 Å². The van der Waals surface area contributed by atoms with Gasteiger partial charge >= 0.3 is 0 Å². The number of carbonyl (C=O) groups is 3. The third kappa shape index (κ3) is 12.0. The molecular weight excluding hydrogens is 939 g/mol. The topological polar surface area (TPSA) is 193 Å². The van der Waals surface area contributed by atoms with E-state index in [0.29, 0.717) is 64.7 Å². The molecule has 0 fully saturated rings. The van der Waals surface area contributed by atoms with E-state index < -0.39 is 5.60 Å². The van der Waals surface area contributed by atoms with Gasteiger partial charge in [-0.1, -0.05) is 56.0 Å². The molecule has 3 aromatic heterocycles. The molecule has 74 heavy (non-hydrogen) atoms. The van der Waals surface area contributed by atoms with Crippen LogP contribution in [-0.2, 0) is 46.5 Å². The van der Waals surface area contributed by atoms with E-state index in [1.165, 1.54) is 15.4 Å². The van der Waals surface area contributed by atoms with Crippen LogP contribution in [-0.4, -0.2) is 93.4 Å². The molecule has 3 aromatic carbocycles. The van der Waals surface area contributed by atoms with Gasteiger partial charge in [0.05, 0.1) is 17.1 Å². The van der Waals surface area contributed by atoms with Gasteiger partial charge in [-0.2, -0.15) is 5.10 Å². The monoisotopic (exact) mass is 999 g/mol. The minimum atomic E-state index is -0.563. The Morgan fingerprint density at radius 2 is 1.26 bits per heavy atom. The maximum Gasteiger partial charge on any atom is 0.265 e. The number of benzene rings is 3. The zero-order valence-corrected chi connectivity index (χ0v) is 42.7. The van der Waals surface area contributed by atoms with E-state index in [1.807, 2.05) is 87.5 Å². The minimum absolute atomic E-state index is 0.0230. The Morgan fingerprint density at radius 3 is 1.89 bits per heavy atom. The molecule has 2 aliphatic heterocycles. The van der Waals surface area contributed by atoms with Crippen molar-refractivity contribution in [3.05, 3.63) is 143 Å². The zero-order valence-electron chi connectivity index (χ0n) is 42.7. The Morgan fingerprint density at radius 1 is 0.649 bits per heavy atom. The Bertz CT molecular complexity index is 3070. The number of amides is 3. The average Bonchev–Trinajstić information content (AvgIpc) is 4.05. The summed E-state index contributed by atoms with van der Waals surface area (Å²) in [6.07, 6.45) is 11.8.